The van der Waals surface area contributed by atoms with E-state index in [0.29, 0.717) is 12.0 Å². The highest BCUT2D eigenvalue weighted by Gasteiger charge is 2.12. The molecular weight excluding hydrogens is 226 g/mol. The van der Waals surface area contributed by atoms with Crippen molar-refractivity contribution in [3.8, 4) is 0 Å². The van der Waals surface area contributed by atoms with Crippen LogP contribution in [-0.4, -0.2) is 25.8 Å². The maximum absolute atomic E-state index is 11.3. The lowest BCUT2D eigenvalue weighted by Gasteiger charge is -2.12. The standard InChI is InChI=1S/C11H17NO3S/c1-2-8-16(14,15)12-9-11(13)10-6-4-3-5-7-10/h3-7,11-13H,2,8-9H2,1H3. The summed E-state index contributed by atoms with van der Waals surface area (Å²) in [7, 11) is -3.24. The van der Waals surface area contributed by atoms with E-state index in [-0.39, 0.29) is 12.3 Å². The number of rotatable bonds is 6. The Kier molecular flexibility index (Phi) is 4.92. The summed E-state index contributed by atoms with van der Waals surface area (Å²) in [6, 6.07) is 8.98. The predicted octanol–water partition coefficient (Wildman–Crippen LogP) is 1.05. The van der Waals surface area contributed by atoms with E-state index >= 15 is 0 Å². The molecule has 0 spiro atoms. The van der Waals surface area contributed by atoms with Crippen molar-refractivity contribution in [2.45, 2.75) is 19.4 Å². The summed E-state index contributed by atoms with van der Waals surface area (Å²) >= 11 is 0. The summed E-state index contributed by atoms with van der Waals surface area (Å²) in [5.74, 6) is 0.0918. The van der Waals surface area contributed by atoms with Gasteiger partial charge in [0, 0.05) is 6.54 Å². The average molecular weight is 243 g/mol. The van der Waals surface area contributed by atoms with Gasteiger partial charge in [-0.1, -0.05) is 37.3 Å². The zero-order valence-corrected chi connectivity index (χ0v) is 10.1. The van der Waals surface area contributed by atoms with Crippen LogP contribution in [0.5, 0.6) is 0 Å². The normalized spacial score (nSPS) is 13.6. The maximum atomic E-state index is 11.3. The molecule has 0 fully saturated rings. The van der Waals surface area contributed by atoms with Crippen molar-refractivity contribution in [2.75, 3.05) is 12.3 Å². The van der Waals surface area contributed by atoms with Crippen molar-refractivity contribution in [3.05, 3.63) is 35.9 Å². The molecule has 1 unspecified atom stereocenters. The van der Waals surface area contributed by atoms with Crippen LogP contribution in [0.15, 0.2) is 30.3 Å². The van der Waals surface area contributed by atoms with Crippen LogP contribution in [0, 0.1) is 0 Å². The third-order valence-electron chi connectivity index (χ3n) is 2.15. The fourth-order valence-corrected chi connectivity index (χ4v) is 2.43. The van der Waals surface area contributed by atoms with E-state index in [1.165, 1.54) is 0 Å². The second-order valence-corrected chi connectivity index (χ2v) is 5.52. The Bertz CT molecular complexity index is 402. The van der Waals surface area contributed by atoms with Crippen LogP contribution in [0.25, 0.3) is 0 Å². The molecular formula is C11H17NO3S. The van der Waals surface area contributed by atoms with Crippen molar-refractivity contribution in [1.82, 2.24) is 4.72 Å². The maximum Gasteiger partial charge on any atom is 0.211 e. The molecule has 0 aromatic heterocycles. The van der Waals surface area contributed by atoms with E-state index in [2.05, 4.69) is 4.72 Å². The summed E-state index contributed by atoms with van der Waals surface area (Å²) in [5.41, 5.74) is 0.710. The molecule has 0 aliphatic rings. The minimum Gasteiger partial charge on any atom is -0.387 e. The van der Waals surface area contributed by atoms with Crippen molar-refractivity contribution in [1.29, 1.82) is 0 Å². The molecule has 1 rings (SSSR count). The smallest absolute Gasteiger partial charge is 0.211 e. The molecule has 0 heterocycles. The molecule has 2 N–H and O–H groups in total. The van der Waals surface area contributed by atoms with Gasteiger partial charge in [-0.15, -0.1) is 0 Å². The van der Waals surface area contributed by atoms with Crippen molar-refractivity contribution in [3.63, 3.8) is 0 Å². The number of nitrogens with one attached hydrogen (secondary N) is 1. The monoisotopic (exact) mass is 243 g/mol. The molecule has 0 bridgehead atoms. The van der Waals surface area contributed by atoms with Gasteiger partial charge in [0.25, 0.3) is 0 Å². The van der Waals surface area contributed by atoms with E-state index in [9.17, 15) is 13.5 Å². The van der Waals surface area contributed by atoms with E-state index in [0.717, 1.165) is 0 Å². The zero-order chi connectivity index (χ0) is 12.0. The molecule has 1 aromatic carbocycles. The summed E-state index contributed by atoms with van der Waals surface area (Å²) in [6.07, 6.45) is -0.232. The summed E-state index contributed by atoms with van der Waals surface area (Å²) in [5, 5.41) is 9.73. The van der Waals surface area contributed by atoms with Gasteiger partial charge in [-0.3, -0.25) is 0 Å². The SMILES string of the molecule is CCCS(=O)(=O)NCC(O)c1ccccc1. The molecule has 5 heteroatoms. The molecule has 1 aromatic rings. The lowest BCUT2D eigenvalue weighted by atomic mass is 10.1. The lowest BCUT2D eigenvalue weighted by Crippen LogP contribution is -2.30. The Morgan fingerprint density at radius 3 is 2.50 bits per heavy atom. The number of benzene rings is 1. The number of aliphatic hydroxyl groups is 1. The fraction of sp³-hybridized carbons (Fsp3) is 0.455. The molecule has 1 atom stereocenters. The molecule has 0 amide bonds. The first-order valence-corrected chi connectivity index (χ1v) is 6.90. The van der Waals surface area contributed by atoms with Crippen LogP contribution in [-0.2, 0) is 10.0 Å². The van der Waals surface area contributed by atoms with Crippen LogP contribution in [0.2, 0.25) is 0 Å². The van der Waals surface area contributed by atoms with Crippen LogP contribution in [0.3, 0.4) is 0 Å². The Morgan fingerprint density at radius 2 is 1.94 bits per heavy atom. The summed E-state index contributed by atoms with van der Waals surface area (Å²) in [4.78, 5) is 0. The van der Waals surface area contributed by atoms with Gasteiger partial charge in [-0.05, 0) is 12.0 Å². The summed E-state index contributed by atoms with van der Waals surface area (Å²) < 4.78 is 25.1. The van der Waals surface area contributed by atoms with Gasteiger partial charge < -0.3 is 5.11 Å². The second-order valence-electron chi connectivity index (χ2n) is 3.59. The topological polar surface area (TPSA) is 66.4 Å². The highest BCUT2D eigenvalue weighted by atomic mass is 32.2. The Morgan fingerprint density at radius 1 is 1.31 bits per heavy atom. The van der Waals surface area contributed by atoms with Crippen LogP contribution >= 0.6 is 0 Å². The van der Waals surface area contributed by atoms with Gasteiger partial charge in [0.1, 0.15) is 0 Å². The first-order chi connectivity index (χ1) is 7.55. The highest BCUT2D eigenvalue weighted by molar-refractivity contribution is 7.89. The number of sulfonamides is 1. The minimum atomic E-state index is -3.24. The molecule has 4 nitrogen and oxygen atoms in total. The molecule has 0 aliphatic carbocycles. The summed E-state index contributed by atoms with van der Waals surface area (Å²) in [6.45, 7) is 1.82. The minimum absolute atomic E-state index is 0.0202. The lowest BCUT2D eigenvalue weighted by molar-refractivity contribution is 0.182. The average Bonchev–Trinajstić information content (AvgIpc) is 2.27. The van der Waals surface area contributed by atoms with Crippen molar-refractivity contribution < 1.29 is 13.5 Å². The predicted molar refractivity (Wildman–Crippen MR) is 63.5 cm³/mol. The quantitative estimate of drug-likeness (QED) is 0.785. The first-order valence-electron chi connectivity index (χ1n) is 5.25. The number of hydrogen-bond donors (Lipinski definition) is 2. The molecule has 0 aliphatic heterocycles. The van der Waals surface area contributed by atoms with Gasteiger partial charge in [-0.2, -0.15) is 0 Å². The van der Waals surface area contributed by atoms with Crippen molar-refractivity contribution in [2.24, 2.45) is 0 Å². The second kappa shape index (κ2) is 5.98. The first kappa shape index (κ1) is 13.2. The highest BCUT2D eigenvalue weighted by Crippen LogP contribution is 2.10. The van der Waals surface area contributed by atoms with Gasteiger partial charge in [0.15, 0.2) is 0 Å². The molecule has 90 valence electrons. The third-order valence-corrected chi connectivity index (χ3v) is 3.71. The zero-order valence-electron chi connectivity index (χ0n) is 9.26. The van der Waals surface area contributed by atoms with E-state index < -0.39 is 16.1 Å². The van der Waals surface area contributed by atoms with E-state index in [1.54, 1.807) is 31.2 Å². The van der Waals surface area contributed by atoms with E-state index in [1.807, 2.05) is 6.07 Å². The Hall–Kier alpha value is -0.910. The molecule has 0 radical (unpaired) electrons. The van der Waals surface area contributed by atoms with Gasteiger partial charge in [-0.25, -0.2) is 13.1 Å². The fourth-order valence-electron chi connectivity index (χ4n) is 1.34. The molecule has 0 saturated carbocycles. The van der Waals surface area contributed by atoms with Crippen LogP contribution in [0.4, 0.5) is 0 Å². The third kappa shape index (κ3) is 4.30. The van der Waals surface area contributed by atoms with Gasteiger partial charge in [0.2, 0.25) is 10.0 Å². The van der Waals surface area contributed by atoms with Crippen molar-refractivity contribution >= 4 is 10.0 Å². The Labute approximate surface area is 96.4 Å². The van der Waals surface area contributed by atoms with Crippen LogP contribution in [0.1, 0.15) is 25.0 Å². The molecule has 16 heavy (non-hydrogen) atoms. The number of hydrogen-bond acceptors (Lipinski definition) is 3. The Balaban J connectivity index is 2.51. The van der Waals surface area contributed by atoms with Gasteiger partial charge in [0.05, 0.1) is 11.9 Å². The number of aliphatic hydroxyl groups excluding tert-OH is 1. The molecule has 0 saturated heterocycles. The van der Waals surface area contributed by atoms with E-state index in [4.69, 9.17) is 0 Å². The largest absolute Gasteiger partial charge is 0.387 e. The van der Waals surface area contributed by atoms with Crippen LogP contribution < -0.4 is 4.72 Å². The van der Waals surface area contributed by atoms with Gasteiger partial charge >= 0.3 is 0 Å².